The Kier molecular flexibility index (Phi) is 10.3. The summed E-state index contributed by atoms with van der Waals surface area (Å²) in [4.78, 5) is 25.3. The number of halogens is 4. The van der Waals surface area contributed by atoms with E-state index in [2.05, 4.69) is 36.7 Å². The zero-order chi connectivity index (χ0) is 29.9. The monoisotopic (exact) mass is 609 g/mol. The first-order valence-corrected chi connectivity index (χ1v) is 15.0. The molecule has 0 spiro atoms. The summed E-state index contributed by atoms with van der Waals surface area (Å²) in [6, 6.07) is 6.04. The van der Waals surface area contributed by atoms with Crippen molar-refractivity contribution in [1.29, 1.82) is 0 Å². The Morgan fingerprint density at radius 3 is 2.46 bits per heavy atom. The lowest BCUT2D eigenvalue weighted by Crippen LogP contribution is -2.45. The predicted molar refractivity (Wildman–Crippen MR) is 158 cm³/mol. The van der Waals surface area contributed by atoms with E-state index in [1.807, 2.05) is 0 Å². The van der Waals surface area contributed by atoms with Crippen molar-refractivity contribution in [3.63, 3.8) is 0 Å². The third-order valence-corrected chi connectivity index (χ3v) is 8.86. The lowest BCUT2D eigenvalue weighted by atomic mass is 9.73. The molecule has 1 aliphatic heterocycles. The lowest BCUT2D eigenvalue weighted by Gasteiger charge is -2.31. The number of hydrogen-bond donors (Lipinski definition) is 4. The first-order chi connectivity index (χ1) is 19.4. The standard InChI is InChI=1S/C31H39Cl2F2N3O3/c1-31(2,3)15-26-28(20-13-24(35)22(33)14-25(20)37-16-39)27(18-7-9-23(34)21(32)12-18)29(38-26)30(41)36-10-4-5-17-6-8-19(40)11-17/h7,9,12-14,16-17,19,26-29,38,40H,4-6,8,10-11,15H2,1-3H3,(H,36,41)(H,37,39)/t17-,19-,26-,27-,28-,29-/m1/s1. The predicted octanol–water partition coefficient (Wildman–Crippen LogP) is 6.54. The quantitative estimate of drug-likeness (QED) is 0.182. The largest absolute Gasteiger partial charge is 0.393 e. The second-order valence-electron chi connectivity index (χ2n) is 12.6. The van der Waals surface area contributed by atoms with Crippen LogP contribution in [0.15, 0.2) is 30.3 Å². The van der Waals surface area contributed by atoms with Gasteiger partial charge in [0.05, 0.1) is 22.2 Å². The number of rotatable bonds is 10. The van der Waals surface area contributed by atoms with Crippen LogP contribution in [0.25, 0.3) is 0 Å². The maximum Gasteiger partial charge on any atom is 0.237 e. The van der Waals surface area contributed by atoms with Crippen LogP contribution in [0.2, 0.25) is 10.0 Å². The van der Waals surface area contributed by atoms with Gasteiger partial charge in [-0.3, -0.25) is 9.59 Å². The molecule has 0 radical (unpaired) electrons. The molecule has 224 valence electrons. The van der Waals surface area contributed by atoms with Crippen molar-refractivity contribution in [3.8, 4) is 0 Å². The van der Waals surface area contributed by atoms with Gasteiger partial charge in [0.25, 0.3) is 0 Å². The van der Waals surface area contributed by atoms with Crippen LogP contribution in [-0.4, -0.2) is 42.2 Å². The fourth-order valence-electron chi connectivity index (χ4n) is 6.56. The molecule has 6 atom stereocenters. The topological polar surface area (TPSA) is 90.5 Å². The summed E-state index contributed by atoms with van der Waals surface area (Å²) in [5.41, 5.74) is 1.29. The van der Waals surface area contributed by atoms with Gasteiger partial charge in [0.15, 0.2) is 0 Å². The van der Waals surface area contributed by atoms with Crippen LogP contribution in [-0.2, 0) is 9.59 Å². The van der Waals surface area contributed by atoms with Crippen LogP contribution in [0.1, 0.15) is 82.3 Å². The van der Waals surface area contributed by atoms with Crippen molar-refractivity contribution in [1.82, 2.24) is 10.6 Å². The fourth-order valence-corrected chi connectivity index (χ4v) is 6.91. The minimum absolute atomic E-state index is 0.0769. The van der Waals surface area contributed by atoms with Gasteiger partial charge in [-0.2, -0.15) is 0 Å². The van der Waals surface area contributed by atoms with E-state index in [0.29, 0.717) is 42.1 Å². The fraction of sp³-hybridized carbons (Fsp3) is 0.548. The molecule has 0 bridgehead atoms. The molecule has 4 N–H and O–H groups in total. The summed E-state index contributed by atoms with van der Waals surface area (Å²) in [5, 5.41) is 18.8. The molecular weight excluding hydrogens is 571 g/mol. The number of carbonyl (C=O) groups is 2. The van der Waals surface area contributed by atoms with Crippen molar-refractivity contribution in [2.45, 2.75) is 89.3 Å². The van der Waals surface area contributed by atoms with Crippen LogP contribution in [0.4, 0.5) is 14.5 Å². The van der Waals surface area contributed by atoms with Gasteiger partial charge in [0.1, 0.15) is 11.6 Å². The molecule has 1 heterocycles. The molecule has 2 aliphatic rings. The first kappa shape index (κ1) is 31.7. The number of aliphatic hydroxyl groups is 1. The van der Waals surface area contributed by atoms with E-state index in [9.17, 15) is 23.5 Å². The number of benzene rings is 2. The van der Waals surface area contributed by atoms with Crippen molar-refractivity contribution in [2.75, 3.05) is 11.9 Å². The molecule has 10 heteroatoms. The number of nitrogens with one attached hydrogen (secondary N) is 3. The number of aliphatic hydroxyl groups excluding tert-OH is 1. The summed E-state index contributed by atoms with van der Waals surface area (Å²) in [5.74, 6) is -2.03. The Bertz CT molecular complexity index is 1260. The average molecular weight is 611 g/mol. The van der Waals surface area contributed by atoms with Gasteiger partial charge in [-0.25, -0.2) is 8.78 Å². The molecule has 6 nitrogen and oxygen atoms in total. The third-order valence-electron chi connectivity index (χ3n) is 8.28. The second kappa shape index (κ2) is 13.4. The SMILES string of the molecule is CC(C)(C)C[C@H]1N[C@@H](C(=O)NCCC[C@@H]2CC[C@@H](O)C2)[C@H](c2ccc(F)c(Cl)c2)[C@@H]1c1cc(F)c(Cl)cc1NC=O. The van der Waals surface area contributed by atoms with E-state index in [-0.39, 0.29) is 33.5 Å². The van der Waals surface area contributed by atoms with Gasteiger partial charge in [0.2, 0.25) is 12.3 Å². The molecule has 2 aromatic carbocycles. The van der Waals surface area contributed by atoms with Crippen molar-refractivity contribution in [2.24, 2.45) is 11.3 Å². The van der Waals surface area contributed by atoms with Crippen molar-refractivity contribution in [3.05, 3.63) is 63.1 Å². The highest BCUT2D eigenvalue weighted by molar-refractivity contribution is 6.31. The zero-order valence-corrected chi connectivity index (χ0v) is 25.2. The van der Waals surface area contributed by atoms with Crippen molar-refractivity contribution < 1.29 is 23.5 Å². The minimum Gasteiger partial charge on any atom is -0.393 e. The van der Waals surface area contributed by atoms with Crippen LogP contribution < -0.4 is 16.0 Å². The molecule has 1 saturated carbocycles. The molecule has 0 aromatic heterocycles. The highest BCUT2D eigenvalue weighted by Crippen LogP contribution is 2.49. The lowest BCUT2D eigenvalue weighted by molar-refractivity contribution is -0.123. The first-order valence-electron chi connectivity index (χ1n) is 14.2. The number of carbonyl (C=O) groups excluding carboxylic acids is 2. The van der Waals surface area contributed by atoms with Crippen LogP contribution in [0.3, 0.4) is 0 Å². The summed E-state index contributed by atoms with van der Waals surface area (Å²) in [7, 11) is 0. The van der Waals surface area contributed by atoms with Gasteiger partial charge in [-0.1, -0.05) is 50.0 Å². The molecule has 2 aromatic rings. The third kappa shape index (κ3) is 7.78. The van der Waals surface area contributed by atoms with Crippen LogP contribution in [0.5, 0.6) is 0 Å². The molecule has 2 fully saturated rings. The van der Waals surface area contributed by atoms with E-state index in [0.717, 1.165) is 32.1 Å². The van der Waals surface area contributed by atoms with E-state index >= 15 is 0 Å². The highest BCUT2D eigenvalue weighted by Gasteiger charge is 2.49. The normalized spacial score (nSPS) is 26.2. The van der Waals surface area contributed by atoms with Gasteiger partial charge >= 0.3 is 0 Å². The second-order valence-corrected chi connectivity index (χ2v) is 13.4. The van der Waals surface area contributed by atoms with Gasteiger partial charge in [-0.15, -0.1) is 0 Å². The average Bonchev–Trinajstić information content (AvgIpc) is 3.47. The Balaban J connectivity index is 1.70. The Morgan fingerprint density at radius 1 is 1.10 bits per heavy atom. The summed E-state index contributed by atoms with van der Waals surface area (Å²) in [6.07, 6.45) is 5.24. The molecule has 2 amide bonds. The summed E-state index contributed by atoms with van der Waals surface area (Å²) < 4.78 is 29.2. The summed E-state index contributed by atoms with van der Waals surface area (Å²) in [6.45, 7) is 6.71. The van der Waals surface area contributed by atoms with E-state index in [1.54, 1.807) is 6.07 Å². The number of anilines is 1. The van der Waals surface area contributed by atoms with Crippen molar-refractivity contribution >= 4 is 41.2 Å². The van der Waals surface area contributed by atoms with E-state index in [4.69, 9.17) is 23.2 Å². The van der Waals surface area contributed by atoms with E-state index in [1.165, 1.54) is 24.3 Å². The molecule has 1 aliphatic carbocycles. The Morgan fingerprint density at radius 2 is 1.83 bits per heavy atom. The molecular formula is C31H39Cl2F2N3O3. The van der Waals surface area contributed by atoms with E-state index < -0.39 is 29.5 Å². The maximum atomic E-state index is 14.9. The highest BCUT2D eigenvalue weighted by atomic mass is 35.5. The Hall–Kier alpha value is -2.26. The molecule has 1 saturated heterocycles. The maximum absolute atomic E-state index is 14.9. The zero-order valence-electron chi connectivity index (χ0n) is 23.7. The summed E-state index contributed by atoms with van der Waals surface area (Å²) >= 11 is 12.3. The minimum atomic E-state index is -0.731. The molecule has 4 rings (SSSR count). The van der Waals surface area contributed by atoms with Crippen LogP contribution >= 0.6 is 23.2 Å². The number of amides is 2. The molecule has 41 heavy (non-hydrogen) atoms. The Labute approximate surface area is 250 Å². The van der Waals surface area contributed by atoms with Gasteiger partial charge in [0, 0.05) is 30.1 Å². The molecule has 0 unspecified atom stereocenters. The van der Waals surface area contributed by atoms with Crippen LogP contribution in [0, 0.1) is 23.0 Å². The van der Waals surface area contributed by atoms with Gasteiger partial charge < -0.3 is 21.1 Å². The van der Waals surface area contributed by atoms with Gasteiger partial charge in [-0.05, 0) is 85.3 Å². The number of hydrogen-bond acceptors (Lipinski definition) is 4. The smallest absolute Gasteiger partial charge is 0.237 e.